The molecule has 1 saturated heterocycles. The van der Waals surface area contributed by atoms with Crippen LogP contribution >= 0.6 is 24.0 Å². The molecule has 0 bridgehead atoms. The number of guanidine groups is 1. The van der Waals surface area contributed by atoms with Crippen LogP contribution in [0.2, 0.25) is 0 Å². The highest BCUT2D eigenvalue weighted by Gasteiger charge is 2.10. The molecule has 3 rings (SSSR count). The van der Waals surface area contributed by atoms with Crippen LogP contribution in [0.25, 0.3) is 0 Å². The van der Waals surface area contributed by atoms with E-state index in [1.165, 1.54) is 43.5 Å². The average molecular weight is 484 g/mol. The maximum absolute atomic E-state index is 5.09. The molecular formula is C19H29IN6O. The van der Waals surface area contributed by atoms with Crippen molar-refractivity contribution < 1.29 is 4.52 Å². The summed E-state index contributed by atoms with van der Waals surface area (Å²) in [6.07, 6.45) is 4.04. The third-order valence-electron chi connectivity index (χ3n) is 4.54. The van der Waals surface area contributed by atoms with Gasteiger partial charge in [-0.15, -0.1) is 24.0 Å². The minimum absolute atomic E-state index is 0. The van der Waals surface area contributed by atoms with E-state index < -0.39 is 0 Å². The number of nitrogens with zero attached hydrogens (tertiary/aromatic N) is 4. The predicted octanol–water partition coefficient (Wildman–Crippen LogP) is 2.85. The van der Waals surface area contributed by atoms with Crippen molar-refractivity contribution in [3.8, 4) is 0 Å². The molecule has 0 atom stereocenters. The molecule has 1 aromatic heterocycles. The van der Waals surface area contributed by atoms with Gasteiger partial charge in [0.15, 0.2) is 11.8 Å². The number of likely N-dealkylation sites (tertiary alicyclic amines) is 1. The van der Waals surface area contributed by atoms with E-state index in [-0.39, 0.29) is 24.0 Å². The van der Waals surface area contributed by atoms with Gasteiger partial charge in [-0.05, 0) is 44.0 Å². The van der Waals surface area contributed by atoms with Gasteiger partial charge < -0.3 is 15.2 Å². The van der Waals surface area contributed by atoms with Crippen molar-refractivity contribution in [1.29, 1.82) is 0 Å². The molecule has 2 N–H and O–H groups in total. The SMILES string of the molecule is CN=C(NCc1ccc(CN2CCCCC2)cc1)NCc1nc(C)no1.I. The third kappa shape index (κ3) is 7.10. The van der Waals surface area contributed by atoms with Crippen molar-refractivity contribution in [3.63, 3.8) is 0 Å². The van der Waals surface area contributed by atoms with E-state index in [2.05, 4.69) is 54.9 Å². The van der Waals surface area contributed by atoms with Gasteiger partial charge in [-0.3, -0.25) is 9.89 Å². The molecular weight excluding hydrogens is 455 g/mol. The van der Waals surface area contributed by atoms with Gasteiger partial charge in [0.1, 0.15) is 0 Å². The molecule has 0 amide bonds. The summed E-state index contributed by atoms with van der Waals surface area (Å²) in [5.41, 5.74) is 2.61. The summed E-state index contributed by atoms with van der Waals surface area (Å²) in [4.78, 5) is 10.9. The quantitative estimate of drug-likeness (QED) is 0.373. The molecule has 7 nitrogen and oxygen atoms in total. The van der Waals surface area contributed by atoms with Crippen LogP contribution in [0.1, 0.15) is 42.1 Å². The lowest BCUT2D eigenvalue weighted by molar-refractivity contribution is 0.221. The summed E-state index contributed by atoms with van der Waals surface area (Å²) < 4.78 is 5.09. The van der Waals surface area contributed by atoms with Crippen LogP contribution in [0.4, 0.5) is 0 Å². The highest BCUT2D eigenvalue weighted by molar-refractivity contribution is 14.0. The van der Waals surface area contributed by atoms with Crippen LogP contribution < -0.4 is 10.6 Å². The maximum Gasteiger partial charge on any atom is 0.246 e. The largest absolute Gasteiger partial charge is 0.352 e. The van der Waals surface area contributed by atoms with Crippen LogP contribution in [0, 0.1) is 6.92 Å². The molecule has 1 aliphatic rings. The summed E-state index contributed by atoms with van der Waals surface area (Å²) in [6, 6.07) is 8.81. The monoisotopic (exact) mass is 484 g/mol. The molecule has 148 valence electrons. The first kappa shape index (κ1) is 21.6. The Kier molecular flexibility index (Phi) is 8.99. The van der Waals surface area contributed by atoms with Crippen molar-refractivity contribution in [2.45, 2.75) is 45.8 Å². The average Bonchev–Trinajstić information content (AvgIpc) is 3.09. The van der Waals surface area contributed by atoms with E-state index in [1.54, 1.807) is 14.0 Å². The fourth-order valence-corrected chi connectivity index (χ4v) is 3.12. The molecule has 1 fully saturated rings. The normalized spacial score (nSPS) is 15.3. The van der Waals surface area contributed by atoms with E-state index in [0.29, 0.717) is 30.8 Å². The van der Waals surface area contributed by atoms with E-state index in [0.717, 1.165) is 6.54 Å². The van der Waals surface area contributed by atoms with E-state index in [9.17, 15) is 0 Å². The third-order valence-corrected chi connectivity index (χ3v) is 4.54. The van der Waals surface area contributed by atoms with Gasteiger partial charge in [-0.1, -0.05) is 35.8 Å². The Balaban J connectivity index is 0.00000261. The number of nitrogens with one attached hydrogen (secondary N) is 2. The Morgan fingerprint density at radius 1 is 1.07 bits per heavy atom. The van der Waals surface area contributed by atoms with Crippen LogP contribution in [-0.4, -0.2) is 41.1 Å². The van der Waals surface area contributed by atoms with Crippen molar-refractivity contribution in [2.24, 2.45) is 4.99 Å². The number of halogens is 1. The number of aromatic nitrogens is 2. The molecule has 27 heavy (non-hydrogen) atoms. The number of piperidine rings is 1. The first-order valence-corrected chi connectivity index (χ1v) is 9.27. The lowest BCUT2D eigenvalue weighted by atomic mass is 10.1. The first-order valence-electron chi connectivity index (χ1n) is 9.27. The Morgan fingerprint density at radius 2 is 1.74 bits per heavy atom. The summed E-state index contributed by atoms with van der Waals surface area (Å²) in [7, 11) is 1.75. The number of rotatable bonds is 6. The minimum Gasteiger partial charge on any atom is -0.352 e. The number of benzene rings is 1. The second-order valence-corrected chi connectivity index (χ2v) is 6.67. The summed E-state index contributed by atoms with van der Waals surface area (Å²) in [5, 5.41) is 10.2. The van der Waals surface area contributed by atoms with Crippen molar-refractivity contribution in [1.82, 2.24) is 25.7 Å². The Bertz CT molecular complexity index is 709. The topological polar surface area (TPSA) is 78.6 Å². The number of aliphatic imine (C=N–C) groups is 1. The van der Waals surface area contributed by atoms with E-state index >= 15 is 0 Å². The molecule has 0 spiro atoms. The van der Waals surface area contributed by atoms with Gasteiger partial charge in [0.2, 0.25) is 5.89 Å². The van der Waals surface area contributed by atoms with Crippen LogP contribution in [0.3, 0.4) is 0 Å². The van der Waals surface area contributed by atoms with Crippen LogP contribution in [-0.2, 0) is 19.6 Å². The van der Waals surface area contributed by atoms with Crippen molar-refractivity contribution in [2.75, 3.05) is 20.1 Å². The Hall–Kier alpha value is -1.68. The Morgan fingerprint density at radius 3 is 2.37 bits per heavy atom. The van der Waals surface area contributed by atoms with E-state index in [4.69, 9.17) is 4.52 Å². The molecule has 1 aromatic carbocycles. The zero-order chi connectivity index (χ0) is 18.2. The van der Waals surface area contributed by atoms with Crippen molar-refractivity contribution >= 4 is 29.9 Å². The van der Waals surface area contributed by atoms with Gasteiger partial charge in [0.25, 0.3) is 0 Å². The lowest BCUT2D eigenvalue weighted by Gasteiger charge is -2.26. The standard InChI is InChI=1S/C19H28N6O.HI/c1-15-23-18(26-24-15)13-22-19(20-2)21-12-16-6-8-17(9-7-16)14-25-10-4-3-5-11-25;/h6-9H,3-5,10-14H2,1-2H3,(H2,20,21,22);1H. The fraction of sp³-hybridized carbons (Fsp3) is 0.526. The smallest absolute Gasteiger partial charge is 0.246 e. The molecule has 2 heterocycles. The van der Waals surface area contributed by atoms with E-state index in [1.807, 2.05) is 0 Å². The zero-order valence-corrected chi connectivity index (χ0v) is 18.4. The fourth-order valence-electron chi connectivity index (χ4n) is 3.12. The second-order valence-electron chi connectivity index (χ2n) is 6.67. The summed E-state index contributed by atoms with van der Waals surface area (Å²) in [5.74, 6) is 1.89. The van der Waals surface area contributed by atoms with Gasteiger partial charge in [0, 0.05) is 20.1 Å². The van der Waals surface area contributed by atoms with Gasteiger partial charge in [-0.2, -0.15) is 4.98 Å². The number of hydrogen-bond acceptors (Lipinski definition) is 5. The second kappa shape index (κ2) is 11.2. The zero-order valence-electron chi connectivity index (χ0n) is 16.1. The molecule has 0 unspecified atom stereocenters. The minimum atomic E-state index is 0. The molecule has 0 saturated carbocycles. The lowest BCUT2D eigenvalue weighted by Crippen LogP contribution is -2.36. The Labute approximate surface area is 178 Å². The molecule has 2 aromatic rings. The van der Waals surface area contributed by atoms with Crippen molar-refractivity contribution in [3.05, 3.63) is 47.1 Å². The summed E-state index contributed by atoms with van der Waals surface area (Å²) >= 11 is 0. The first-order chi connectivity index (χ1) is 12.7. The van der Waals surface area contributed by atoms with Gasteiger partial charge in [-0.25, -0.2) is 0 Å². The summed E-state index contributed by atoms with van der Waals surface area (Å²) in [6.45, 7) is 6.48. The van der Waals surface area contributed by atoms with Crippen LogP contribution in [0.5, 0.6) is 0 Å². The molecule has 1 aliphatic heterocycles. The van der Waals surface area contributed by atoms with Crippen LogP contribution in [0.15, 0.2) is 33.8 Å². The highest BCUT2D eigenvalue weighted by Crippen LogP contribution is 2.13. The number of hydrogen-bond donors (Lipinski definition) is 2. The van der Waals surface area contributed by atoms with Gasteiger partial charge in [0.05, 0.1) is 6.54 Å². The molecule has 0 aliphatic carbocycles. The number of aryl methyl sites for hydroxylation is 1. The maximum atomic E-state index is 5.09. The predicted molar refractivity (Wildman–Crippen MR) is 117 cm³/mol. The van der Waals surface area contributed by atoms with Gasteiger partial charge >= 0.3 is 0 Å². The molecule has 0 radical (unpaired) electrons. The highest BCUT2D eigenvalue weighted by atomic mass is 127. The molecule has 8 heteroatoms.